The van der Waals surface area contributed by atoms with Crippen LogP contribution in [0.4, 0.5) is 0 Å². The summed E-state index contributed by atoms with van der Waals surface area (Å²) in [6, 6.07) is 7.90. The number of hydrogen-bond donors (Lipinski definition) is 1. The van der Waals surface area contributed by atoms with Crippen LogP contribution in [0.5, 0.6) is 5.75 Å². The zero-order chi connectivity index (χ0) is 14.1. The van der Waals surface area contributed by atoms with Gasteiger partial charge in [0, 0.05) is 23.4 Å². The molecule has 0 bridgehead atoms. The molecule has 0 aromatic heterocycles. The van der Waals surface area contributed by atoms with E-state index in [0.717, 1.165) is 42.0 Å². The lowest BCUT2D eigenvalue weighted by atomic mass is 9.88. The summed E-state index contributed by atoms with van der Waals surface area (Å²) in [6.45, 7) is 7.07. The van der Waals surface area contributed by atoms with E-state index in [1.165, 1.54) is 0 Å². The number of hydrogen-bond acceptors (Lipinski definition) is 2. The molecule has 0 aliphatic carbocycles. The summed E-state index contributed by atoms with van der Waals surface area (Å²) in [5.74, 6) is 1.65. The first-order valence-electron chi connectivity index (χ1n) is 6.68. The zero-order valence-electron chi connectivity index (χ0n) is 11.7. The Hall–Kier alpha value is -0.250. The molecule has 1 aromatic rings. The second kappa shape index (κ2) is 8.83. The summed E-state index contributed by atoms with van der Waals surface area (Å²) >= 11 is 9.13. The van der Waals surface area contributed by atoms with Crippen molar-refractivity contribution >= 4 is 27.5 Å². The van der Waals surface area contributed by atoms with E-state index >= 15 is 0 Å². The molecular formula is C15H23BrClNO. The van der Waals surface area contributed by atoms with Gasteiger partial charge in [-0.05, 0) is 42.5 Å². The Morgan fingerprint density at radius 1 is 1.26 bits per heavy atom. The van der Waals surface area contributed by atoms with Crippen molar-refractivity contribution in [2.45, 2.75) is 26.7 Å². The van der Waals surface area contributed by atoms with Crippen molar-refractivity contribution < 1.29 is 4.74 Å². The fraction of sp³-hybridized carbons (Fsp3) is 0.600. The van der Waals surface area contributed by atoms with Crippen LogP contribution in [-0.4, -0.2) is 25.6 Å². The molecule has 19 heavy (non-hydrogen) atoms. The largest absolute Gasteiger partial charge is 0.492 e. The standard InChI is InChI=1S/C15H23BrClNO/c1-15(2,8-3-9-17)12-18-10-11-19-14-6-4-13(16)5-7-14/h4-7,18H,3,8-12H2,1-2H3. The summed E-state index contributed by atoms with van der Waals surface area (Å²) in [7, 11) is 0. The molecule has 108 valence electrons. The van der Waals surface area contributed by atoms with Crippen molar-refractivity contribution in [1.29, 1.82) is 0 Å². The third-order valence-corrected chi connectivity index (χ3v) is 3.75. The molecule has 0 saturated heterocycles. The van der Waals surface area contributed by atoms with E-state index in [0.29, 0.717) is 12.0 Å². The minimum absolute atomic E-state index is 0.298. The minimum Gasteiger partial charge on any atom is -0.492 e. The van der Waals surface area contributed by atoms with E-state index < -0.39 is 0 Å². The van der Waals surface area contributed by atoms with Crippen LogP contribution in [0.3, 0.4) is 0 Å². The first-order chi connectivity index (χ1) is 9.03. The number of nitrogens with one attached hydrogen (secondary N) is 1. The van der Waals surface area contributed by atoms with Crippen molar-refractivity contribution in [2.75, 3.05) is 25.6 Å². The third kappa shape index (κ3) is 7.81. The molecule has 2 nitrogen and oxygen atoms in total. The van der Waals surface area contributed by atoms with Crippen molar-refractivity contribution in [3.63, 3.8) is 0 Å². The highest BCUT2D eigenvalue weighted by Gasteiger charge is 2.16. The first-order valence-corrected chi connectivity index (χ1v) is 8.01. The lowest BCUT2D eigenvalue weighted by molar-refractivity contribution is 0.277. The Morgan fingerprint density at radius 2 is 1.95 bits per heavy atom. The molecule has 0 aliphatic rings. The molecule has 0 radical (unpaired) electrons. The van der Waals surface area contributed by atoms with Gasteiger partial charge in [0.2, 0.25) is 0 Å². The van der Waals surface area contributed by atoms with E-state index in [2.05, 4.69) is 35.1 Å². The molecule has 0 fully saturated rings. The van der Waals surface area contributed by atoms with Crippen LogP contribution in [0.25, 0.3) is 0 Å². The Labute approximate surface area is 130 Å². The highest BCUT2D eigenvalue weighted by molar-refractivity contribution is 9.10. The van der Waals surface area contributed by atoms with Gasteiger partial charge in [0.05, 0.1) is 0 Å². The summed E-state index contributed by atoms with van der Waals surface area (Å²) in [4.78, 5) is 0. The first kappa shape index (κ1) is 16.8. The summed E-state index contributed by atoms with van der Waals surface area (Å²) < 4.78 is 6.72. The van der Waals surface area contributed by atoms with Crippen molar-refractivity contribution in [1.82, 2.24) is 5.32 Å². The van der Waals surface area contributed by atoms with Crippen molar-refractivity contribution in [3.8, 4) is 5.75 Å². The molecule has 0 amide bonds. The topological polar surface area (TPSA) is 21.3 Å². The Morgan fingerprint density at radius 3 is 2.58 bits per heavy atom. The van der Waals surface area contributed by atoms with Crippen molar-refractivity contribution in [2.24, 2.45) is 5.41 Å². The molecule has 1 N–H and O–H groups in total. The van der Waals surface area contributed by atoms with E-state index in [4.69, 9.17) is 16.3 Å². The molecule has 0 heterocycles. The summed E-state index contributed by atoms with van der Waals surface area (Å²) in [5, 5.41) is 3.44. The quantitative estimate of drug-likeness (QED) is 0.525. The van der Waals surface area contributed by atoms with Crippen molar-refractivity contribution in [3.05, 3.63) is 28.7 Å². The monoisotopic (exact) mass is 347 g/mol. The molecule has 0 unspecified atom stereocenters. The maximum atomic E-state index is 5.73. The predicted molar refractivity (Wildman–Crippen MR) is 86.2 cm³/mol. The number of alkyl halides is 1. The second-order valence-corrected chi connectivity index (χ2v) is 6.73. The maximum absolute atomic E-state index is 5.73. The normalized spacial score (nSPS) is 11.6. The molecule has 1 rings (SSSR count). The zero-order valence-corrected chi connectivity index (χ0v) is 14.1. The molecule has 0 atom stereocenters. The van der Waals surface area contributed by atoms with Gasteiger partial charge in [-0.1, -0.05) is 29.8 Å². The Kier molecular flexibility index (Phi) is 7.81. The minimum atomic E-state index is 0.298. The fourth-order valence-electron chi connectivity index (χ4n) is 1.83. The molecule has 0 aliphatic heterocycles. The number of benzene rings is 1. The van der Waals surface area contributed by atoms with Crippen LogP contribution >= 0.6 is 27.5 Å². The summed E-state index contributed by atoms with van der Waals surface area (Å²) in [5.41, 5.74) is 0.298. The molecule has 0 spiro atoms. The molecular weight excluding hydrogens is 326 g/mol. The maximum Gasteiger partial charge on any atom is 0.119 e. The van der Waals surface area contributed by atoms with Crippen LogP contribution in [0.1, 0.15) is 26.7 Å². The van der Waals surface area contributed by atoms with Gasteiger partial charge in [-0.3, -0.25) is 0 Å². The van der Waals surface area contributed by atoms with Gasteiger partial charge in [0.15, 0.2) is 0 Å². The van der Waals surface area contributed by atoms with Gasteiger partial charge in [-0.15, -0.1) is 11.6 Å². The third-order valence-electron chi connectivity index (χ3n) is 2.95. The molecule has 0 saturated carbocycles. The van der Waals surface area contributed by atoms with Crippen LogP contribution in [-0.2, 0) is 0 Å². The highest BCUT2D eigenvalue weighted by atomic mass is 79.9. The van der Waals surface area contributed by atoms with Gasteiger partial charge >= 0.3 is 0 Å². The lowest BCUT2D eigenvalue weighted by Crippen LogP contribution is -2.32. The lowest BCUT2D eigenvalue weighted by Gasteiger charge is -2.24. The fourth-order valence-corrected chi connectivity index (χ4v) is 2.23. The van der Waals surface area contributed by atoms with Gasteiger partial charge in [0.1, 0.15) is 12.4 Å². The van der Waals surface area contributed by atoms with Gasteiger partial charge in [0.25, 0.3) is 0 Å². The van der Waals surface area contributed by atoms with Crippen LogP contribution < -0.4 is 10.1 Å². The van der Waals surface area contributed by atoms with Crippen LogP contribution in [0.15, 0.2) is 28.7 Å². The molecule has 1 aromatic carbocycles. The molecule has 4 heteroatoms. The second-order valence-electron chi connectivity index (χ2n) is 5.44. The average molecular weight is 349 g/mol. The number of rotatable bonds is 9. The van der Waals surface area contributed by atoms with Crippen LogP contribution in [0.2, 0.25) is 0 Å². The van der Waals surface area contributed by atoms with Gasteiger partial charge in [-0.25, -0.2) is 0 Å². The summed E-state index contributed by atoms with van der Waals surface area (Å²) in [6.07, 6.45) is 2.22. The Bertz CT molecular complexity index is 354. The van der Waals surface area contributed by atoms with E-state index in [-0.39, 0.29) is 0 Å². The highest BCUT2D eigenvalue weighted by Crippen LogP contribution is 2.21. The van der Waals surface area contributed by atoms with E-state index in [1.54, 1.807) is 0 Å². The average Bonchev–Trinajstić information content (AvgIpc) is 2.38. The number of halogens is 2. The Balaban J connectivity index is 2.12. The van der Waals surface area contributed by atoms with Gasteiger partial charge in [-0.2, -0.15) is 0 Å². The SMILES string of the molecule is CC(C)(CCCCl)CNCCOc1ccc(Br)cc1. The van der Waals surface area contributed by atoms with E-state index in [1.807, 2.05) is 24.3 Å². The smallest absolute Gasteiger partial charge is 0.119 e. The van der Waals surface area contributed by atoms with E-state index in [9.17, 15) is 0 Å². The van der Waals surface area contributed by atoms with Crippen LogP contribution in [0, 0.1) is 5.41 Å². The number of ether oxygens (including phenoxy) is 1. The predicted octanol–water partition coefficient (Wildman–Crippen LogP) is 4.46. The van der Waals surface area contributed by atoms with Gasteiger partial charge < -0.3 is 10.1 Å².